The van der Waals surface area contributed by atoms with E-state index in [1.165, 1.54) is 5.57 Å². The molecule has 1 unspecified atom stereocenters. The van der Waals surface area contributed by atoms with Gasteiger partial charge in [-0.3, -0.25) is 0 Å². The summed E-state index contributed by atoms with van der Waals surface area (Å²) in [6, 6.07) is 0. The molecule has 0 spiro atoms. The van der Waals surface area contributed by atoms with Crippen LogP contribution in [0.3, 0.4) is 0 Å². The Bertz CT molecular complexity index is 321. The second-order valence-electron chi connectivity index (χ2n) is 6.50. The lowest BCUT2D eigenvalue weighted by Gasteiger charge is -2.51. The molecule has 2 bridgehead atoms. The number of allylic oxidation sites excluding steroid dienone is 1. The Labute approximate surface area is 103 Å². The Kier molecular flexibility index (Phi) is 3.36. The van der Waals surface area contributed by atoms with E-state index in [2.05, 4.69) is 13.0 Å². The van der Waals surface area contributed by atoms with Gasteiger partial charge in [-0.1, -0.05) is 25.5 Å². The lowest BCUT2D eigenvalue weighted by atomic mass is 9.63. The van der Waals surface area contributed by atoms with Crippen LogP contribution in [-0.2, 0) is 4.74 Å². The zero-order valence-corrected chi connectivity index (χ0v) is 11.1. The van der Waals surface area contributed by atoms with Gasteiger partial charge in [-0.05, 0) is 19.8 Å². The van der Waals surface area contributed by atoms with Crippen LogP contribution < -0.4 is 0 Å². The molecule has 0 radical (unpaired) electrons. The van der Waals surface area contributed by atoms with Gasteiger partial charge in [0.25, 0.3) is 0 Å². The van der Waals surface area contributed by atoms with Crippen molar-refractivity contribution in [3.63, 3.8) is 0 Å². The van der Waals surface area contributed by atoms with Crippen LogP contribution in [0, 0.1) is 16.7 Å². The van der Waals surface area contributed by atoms with Gasteiger partial charge in [-0.25, -0.2) is 0 Å². The Hall–Kier alpha value is -0.380. The third-order valence-corrected chi connectivity index (χ3v) is 4.54. The van der Waals surface area contributed by atoms with Crippen molar-refractivity contribution >= 4 is 0 Å². The van der Waals surface area contributed by atoms with Crippen molar-refractivity contribution in [2.75, 3.05) is 19.8 Å². The van der Waals surface area contributed by atoms with E-state index in [0.29, 0.717) is 12.5 Å². The van der Waals surface area contributed by atoms with Crippen LogP contribution in [-0.4, -0.2) is 36.1 Å². The highest BCUT2D eigenvalue weighted by molar-refractivity contribution is 5.17. The molecule has 1 aliphatic carbocycles. The summed E-state index contributed by atoms with van der Waals surface area (Å²) in [6.07, 6.45) is 4.20. The molecule has 1 heterocycles. The van der Waals surface area contributed by atoms with Gasteiger partial charge in [-0.15, -0.1) is 0 Å². The fraction of sp³-hybridized carbons (Fsp3) is 0.857. The molecule has 0 amide bonds. The van der Waals surface area contributed by atoms with Gasteiger partial charge in [-0.2, -0.15) is 0 Å². The third-order valence-electron chi connectivity index (χ3n) is 4.54. The topological polar surface area (TPSA) is 49.7 Å². The average Bonchev–Trinajstić information content (AvgIpc) is 2.34. The molecule has 98 valence electrons. The maximum atomic E-state index is 9.57. The first-order chi connectivity index (χ1) is 7.94. The van der Waals surface area contributed by atoms with Gasteiger partial charge in [0.1, 0.15) is 0 Å². The first kappa shape index (κ1) is 13.1. The standard InChI is InChI=1S/C14H24O3/c1-10-4-5-14(8-16)6-11(10)12(17-9-14)13(2,3)7-15/h4,11-12,15-16H,5-9H2,1-3H3/t11-,12?,14-/m0/s1. The molecular formula is C14H24O3. The monoisotopic (exact) mass is 240 g/mol. The average molecular weight is 240 g/mol. The van der Waals surface area contributed by atoms with Crippen LogP contribution in [0.1, 0.15) is 33.6 Å². The zero-order chi connectivity index (χ0) is 12.7. The number of hydrogen-bond acceptors (Lipinski definition) is 3. The van der Waals surface area contributed by atoms with E-state index in [9.17, 15) is 10.2 Å². The van der Waals surface area contributed by atoms with E-state index in [-0.39, 0.29) is 30.1 Å². The number of aliphatic hydroxyl groups excluding tert-OH is 2. The van der Waals surface area contributed by atoms with E-state index in [0.717, 1.165) is 12.8 Å². The minimum Gasteiger partial charge on any atom is -0.396 e. The molecule has 17 heavy (non-hydrogen) atoms. The van der Waals surface area contributed by atoms with Gasteiger partial charge < -0.3 is 14.9 Å². The van der Waals surface area contributed by atoms with Gasteiger partial charge in [0.05, 0.1) is 25.9 Å². The molecule has 1 aliphatic heterocycles. The van der Waals surface area contributed by atoms with E-state index in [1.807, 2.05) is 13.8 Å². The Morgan fingerprint density at radius 1 is 1.47 bits per heavy atom. The number of rotatable bonds is 3. The number of aliphatic hydroxyl groups is 2. The third kappa shape index (κ3) is 2.16. The second-order valence-corrected chi connectivity index (χ2v) is 6.50. The minimum atomic E-state index is -0.223. The lowest BCUT2D eigenvalue weighted by Crippen LogP contribution is -2.52. The number of ether oxygens (including phenoxy) is 1. The molecular weight excluding hydrogens is 216 g/mol. The molecule has 2 aliphatic rings. The Morgan fingerprint density at radius 3 is 2.76 bits per heavy atom. The van der Waals surface area contributed by atoms with Crippen molar-refractivity contribution in [1.82, 2.24) is 0 Å². The normalized spacial score (nSPS) is 37.8. The van der Waals surface area contributed by atoms with E-state index in [1.54, 1.807) is 0 Å². The molecule has 2 N–H and O–H groups in total. The fourth-order valence-corrected chi connectivity index (χ4v) is 3.12. The summed E-state index contributed by atoms with van der Waals surface area (Å²) in [6.45, 7) is 7.17. The quantitative estimate of drug-likeness (QED) is 0.739. The second kappa shape index (κ2) is 4.38. The summed E-state index contributed by atoms with van der Waals surface area (Å²) in [5.41, 5.74) is 1.05. The van der Waals surface area contributed by atoms with Crippen LogP contribution in [0.2, 0.25) is 0 Å². The Morgan fingerprint density at radius 2 is 2.18 bits per heavy atom. The molecule has 1 saturated heterocycles. The first-order valence-electron chi connectivity index (χ1n) is 6.44. The van der Waals surface area contributed by atoms with Crippen molar-refractivity contribution in [2.24, 2.45) is 16.7 Å². The molecule has 0 aromatic rings. The minimum absolute atomic E-state index is 0.0590. The highest BCUT2D eigenvalue weighted by Crippen LogP contribution is 2.48. The molecule has 1 fully saturated rings. The van der Waals surface area contributed by atoms with E-state index in [4.69, 9.17) is 4.74 Å². The predicted molar refractivity (Wildman–Crippen MR) is 66.6 cm³/mol. The molecule has 0 saturated carbocycles. The fourth-order valence-electron chi connectivity index (χ4n) is 3.12. The van der Waals surface area contributed by atoms with Gasteiger partial charge >= 0.3 is 0 Å². The van der Waals surface area contributed by atoms with Crippen molar-refractivity contribution in [1.29, 1.82) is 0 Å². The summed E-state index contributed by atoms with van der Waals surface area (Å²) in [4.78, 5) is 0. The molecule has 3 atom stereocenters. The Balaban J connectivity index is 2.26. The van der Waals surface area contributed by atoms with Crippen LogP contribution >= 0.6 is 0 Å². The van der Waals surface area contributed by atoms with Crippen LogP contribution in [0.25, 0.3) is 0 Å². The SMILES string of the molecule is CC1=CC[C@]2(CO)COC(C(C)(C)CO)[C@H]1C2. The lowest BCUT2D eigenvalue weighted by molar-refractivity contribution is -0.158. The summed E-state index contributed by atoms with van der Waals surface area (Å²) in [5, 5.41) is 19.1. The van der Waals surface area contributed by atoms with E-state index < -0.39 is 0 Å². The zero-order valence-electron chi connectivity index (χ0n) is 11.1. The van der Waals surface area contributed by atoms with Crippen LogP contribution in [0.15, 0.2) is 11.6 Å². The van der Waals surface area contributed by atoms with Gasteiger partial charge in [0.15, 0.2) is 0 Å². The highest BCUT2D eigenvalue weighted by atomic mass is 16.5. The highest BCUT2D eigenvalue weighted by Gasteiger charge is 2.48. The molecule has 3 heteroatoms. The van der Waals surface area contributed by atoms with Crippen LogP contribution in [0.5, 0.6) is 0 Å². The summed E-state index contributed by atoms with van der Waals surface area (Å²) in [7, 11) is 0. The van der Waals surface area contributed by atoms with Crippen molar-refractivity contribution < 1.29 is 14.9 Å². The number of hydrogen-bond donors (Lipinski definition) is 2. The molecule has 3 nitrogen and oxygen atoms in total. The predicted octanol–water partition coefficient (Wildman–Crippen LogP) is 1.74. The van der Waals surface area contributed by atoms with Crippen LogP contribution in [0.4, 0.5) is 0 Å². The largest absolute Gasteiger partial charge is 0.396 e. The molecule has 0 aromatic heterocycles. The van der Waals surface area contributed by atoms with E-state index >= 15 is 0 Å². The van der Waals surface area contributed by atoms with Crippen molar-refractivity contribution in [3.05, 3.63) is 11.6 Å². The van der Waals surface area contributed by atoms with Gasteiger partial charge in [0, 0.05) is 16.7 Å². The smallest absolute Gasteiger partial charge is 0.0713 e. The first-order valence-corrected chi connectivity index (χ1v) is 6.44. The molecule has 2 rings (SSSR count). The van der Waals surface area contributed by atoms with Crippen molar-refractivity contribution in [3.8, 4) is 0 Å². The summed E-state index contributed by atoms with van der Waals surface area (Å²) >= 11 is 0. The van der Waals surface area contributed by atoms with Crippen molar-refractivity contribution in [2.45, 2.75) is 39.7 Å². The molecule has 0 aromatic carbocycles. The maximum absolute atomic E-state index is 9.57. The van der Waals surface area contributed by atoms with Gasteiger partial charge in [0.2, 0.25) is 0 Å². The summed E-state index contributed by atoms with van der Waals surface area (Å²) in [5.74, 6) is 0.340. The maximum Gasteiger partial charge on any atom is 0.0713 e. The summed E-state index contributed by atoms with van der Waals surface area (Å²) < 4.78 is 6.00. The number of fused-ring (bicyclic) bond motifs is 2.